The Bertz CT molecular complexity index is 1030. The summed E-state index contributed by atoms with van der Waals surface area (Å²) in [6, 6.07) is 17.6. The van der Waals surface area contributed by atoms with E-state index in [9.17, 15) is 4.79 Å². The van der Waals surface area contributed by atoms with Gasteiger partial charge >= 0.3 is 0 Å². The lowest BCUT2D eigenvalue weighted by atomic mass is 10.2. The Morgan fingerprint density at radius 2 is 1.79 bits per heavy atom. The highest BCUT2D eigenvalue weighted by Crippen LogP contribution is 2.29. The number of pyridine rings is 1. The van der Waals surface area contributed by atoms with Gasteiger partial charge in [-0.2, -0.15) is 5.26 Å². The zero-order valence-electron chi connectivity index (χ0n) is 15.4. The highest BCUT2D eigenvalue weighted by atomic mass is 16.5. The third-order valence-electron chi connectivity index (χ3n) is 3.95. The van der Waals surface area contributed by atoms with Crippen LogP contribution in [0.4, 0.5) is 17.1 Å². The molecule has 0 atom stereocenters. The molecule has 0 radical (unpaired) electrons. The van der Waals surface area contributed by atoms with Crippen LogP contribution in [0.5, 0.6) is 11.5 Å². The summed E-state index contributed by atoms with van der Waals surface area (Å²) in [5.41, 5.74) is 2.84. The number of nitrogens with zero attached hydrogens (tertiary/aromatic N) is 2. The molecule has 1 amide bonds. The van der Waals surface area contributed by atoms with E-state index in [1.807, 2.05) is 0 Å². The number of hydrogen-bond acceptors (Lipinski definition) is 6. The maximum Gasteiger partial charge on any atom is 0.274 e. The maximum absolute atomic E-state index is 12.6. The zero-order chi connectivity index (χ0) is 19.9. The second-order valence-electron chi connectivity index (χ2n) is 5.76. The number of benzene rings is 2. The van der Waals surface area contributed by atoms with Crippen molar-refractivity contribution in [1.82, 2.24) is 4.98 Å². The van der Waals surface area contributed by atoms with Crippen molar-refractivity contribution >= 4 is 23.0 Å². The number of carbonyl (C=O) groups excluding carboxylic acids is 1. The van der Waals surface area contributed by atoms with Gasteiger partial charge in [-0.05, 0) is 48.5 Å². The van der Waals surface area contributed by atoms with E-state index in [1.165, 1.54) is 7.11 Å². The van der Waals surface area contributed by atoms with Crippen LogP contribution < -0.4 is 20.1 Å². The minimum Gasteiger partial charge on any atom is -0.497 e. The van der Waals surface area contributed by atoms with Crippen molar-refractivity contribution in [2.75, 3.05) is 24.9 Å². The molecular formula is C21H18N4O3. The fourth-order valence-corrected chi connectivity index (χ4v) is 2.52. The van der Waals surface area contributed by atoms with Gasteiger partial charge in [0.05, 0.1) is 31.5 Å². The van der Waals surface area contributed by atoms with Crippen LogP contribution in [0.15, 0.2) is 60.8 Å². The molecule has 0 aliphatic rings. The predicted molar refractivity (Wildman–Crippen MR) is 106 cm³/mol. The molecule has 0 aliphatic carbocycles. The van der Waals surface area contributed by atoms with E-state index in [0.29, 0.717) is 28.4 Å². The fraction of sp³-hybridized carbons (Fsp3) is 0.0952. The molecule has 1 heterocycles. The summed E-state index contributed by atoms with van der Waals surface area (Å²) in [6.45, 7) is 0. The number of hydrogen-bond donors (Lipinski definition) is 2. The molecule has 0 unspecified atom stereocenters. The molecule has 0 saturated heterocycles. The van der Waals surface area contributed by atoms with E-state index < -0.39 is 0 Å². The van der Waals surface area contributed by atoms with Crippen LogP contribution in [0.1, 0.15) is 16.1 Å². The quantitative estimate of drug-likeness (QED) is 0.678. The molecule has 7 heteroatoms. The summed E-state index contributed by atoms with van der Waals surface area (Å²) in [6.07, 6.45) is 1.55. The summed E-state index contributed by atoms with van der Waals surface area (Å²) in [4.78, 5) is 16.7. The molecule has 140 valence electrons. The predicted octanol–water partition coefficient (Wildman–Crippen LogP) is 3.97. The summed E-state index contributed by atoms with van der Waals surface area (Å²) < 4.78 is 10.5. The first-order chi connectivity index (χ1) is 13.6. The van der Waals surface area contributed by atoms with E-state index in [2.05, 4.69) is 21.7 Å². The van der Waals surface area contributed by atoms with Crippen LogP contribution in [0.2, 0.25) is 0 Å². The third-order valence-corrected chi connectivity index (χ3v) is 3.95. The van der Waals surface area contributed by atoms with E-state index in [0.717, 1.165) is 5.69 Å². The van der Waals surface area contributed by atoms with Gasteiger partial charge in [0.15, 0.2) is 0 Å². The van der Waals surface area contributed by atoms with Crippen molar-refractivity contribution in [3.8, 4) is 17.6 Å². The Morgan fingerprint density at radius 3 is 2.46 bits per heavy atom. The average molecular weight is 374 g/mol. The molecule has 3 aromatic rings. The molecule has 0 saturated carbocycles. The lowest BCUT2D eigenvalue weighted by Gasteiger charge is -2.12. The van der Waals surface area contributed by atoms with Gasteiger partial charge in [0.2, 0.25) is 0 Å². The Balaban J connectivity index is 1.76. The monoisotopic (exact) mass is 374 g/mol. The molecule has 0 bridgehead atoms. The Morgan fingerprint density at radius 1 is 1.00 bits per heavy atom. The van der Waals surface area contributed by atoms with Gasteiger partial charge in [0.1, 0.15) is 17.2 Å². The third kappa shape index (κ3) is 4.37. The first-order valence-corrected chi connectivity index (χ1v) is 8.39. The number of rotatable bonds is 6. The van der Waals surface area contributed by atoms with Crippen LogP contribution in [-0.2, 0) is 0 Å². The van der Waals surface area contributed by atoms with Gasteiger partial charge in [-0.3, -0.25) is 9.78 Å². The number of nitriles is 1. The fourth-order valence-electron chi connectivity index (χ4n) is 2.52. The van der Waals surface area contributed by atoms with E-state index in [4.69, 9.17) is 14.7 Å². The number of methoxy groups -OCH3 is 2. The minimum atomic E-state index is -0.369. The molecule has 0 fully saturated rings. The van der Waals surface area contributed by atoms with E-state index in [-0.39, 0.29) is 11.6 Å². The molecule has 28 heavy (non-hydrogen) atoms. The summed E-state index contributed by atoms with van der Waals surface area (Å²) in [5.74, 6) is 0.744. The van der Waals surface area contributed by atoms with Crippen molar-refractivity contribution in [1.29, 1.82) is 5.26 Å². The van der Waals surface area contributed by atoms with Gasteiger partial charge in [0.25, 0.3) is 5.91 Å². The number of carbonyl (C=O) groups is 1. The second-order valence-corrected chi connectivity index (χ2v) is 5.76. The summed E-state index contributed by atoms with van der Waals surface area (Å²) in [5, 5.41) is 14.8. The van der Waals surface area contributed by atoms with Gasteiger partial charge < -0.3 is 20.1 Å². The van der Waals surface area contributed by atoms with Gasteiger partial charge in [-0.1, -0.05) is 0 Å². The minimum absolute atomic E-state index is 0.247. The number of amides is 1. The molecular weight excluding hydrogens is 356 g/mol. The Labute approximate surface area is 162 Å². The Kier molecular flexibility index (Phi) is 5.72. The normalized spacial score (nSPS) is 9.89. The molecule has 2 aromatic carbocycles. The van der Waals surface area contributed by atoms with E-state index >= 15 is 0 Å². The van der Waals surface area contributed by atoms with Crippen LogP contribution in [0.25, 0.3) is 0 Å². The first-order valence-electron chi connectivity index (χ1n) is 8.39. The number of anilines is 3. The van der Waals surface area contributed by atoms with Crippen molar-refractivity contribution in [3.05, 3.63) is 72.1 Å². The highest BCUT2D eigenvalue weighted by molar-refractivity contribution is 6.04. The molecule has 7 nitrogen and oxygen atoms in total. The lowest BCUT2D eigenvalue weighted by molar-refractivity contribution is 0.102. The van der Waals surface area contributed by atoms with Crippen molar-refractivity contribution in [3.63, 3.8) is 0 Å². The number of aromatic nitrogens is 1. The van der Waals surface area contributed by atoms with Crippen molar-refractivity contribution < 1.29 is 14.3 Å². The highest BCUT2D eigenvalue weighted by Gasteiger charge is 2.12. The Hall–Kier alpha value is -4.05. The SMILES string of the molecule is COc1ccc(NC(=O)c2cc(Nc3ccc(C#N)cc3)ccn2)c(OC)c1. The molecule has 3 rings (SSSR count). The van der Waals surface area contributed by atoms with Gasteiger partial charge in [0, 0.05) is 23.6 Å². The van der Waals surface area contributed by atoms with Crippen molar-refractivity contribution in [2.45, 2.75) is 0 Å². The summed E-state index contributed by atoms with van der Waals surface area (Å²) in [7, 11) is 3.08. The molecule has 0 aliphatic heterocycles. The largest absolute Gasteiger partial charge is 0.497 e. The molecule has 0 spiro atoms. The smallest absolute Gasteiger partial charge is 0.274 e. The zero-order valence-corrected chi connectivity index (χ0v) is 15.4. The maximum atomic E-state index is 12.6. The standard InChI is InChI=1S/C21H18N4O3/c1-27-17-7-8-18(20(12-17)28-2)25-21(26)19-11-16(9-10-23-19)24-15-5-3-14(13-22)4-6-15/h3-12H,1-2H3,(H,23,24)(H,25,26). The van der Waals surface area contributed by atoms with Gasteiger partial charge in [-0.25, -0.2) is 0 Å². The van der Waals surface area contributed by atoms with Crippen LogP contribution in [0.3, 0.4) is 0 Å². The first kappa shape index (κ1) is 18.7. The average Bonchev–Trinajstić information content (AvgIpc) is 2.74. The second kappa shape index (κ2) is 8.56. The lowest BCUT2D eigenvalue weighted by Crippen LogP contribution is -2.14. The van der Waals surface area contributed by atoms with Crippen LogP contribution >= 0.6 is 0 Å². The van der Waals surface area contributed by atoms with Gasteiger partial charge in [-0.15, -0.1) is 0 Å². The molecule has 1 aromatic heterocycles. The van der Waals surface area contributed by atoms with Crippen molar-refractivity contribution in [2.24, 2.45) is 0 Å². The van der Waals surface area contributed by atoms with Crippen LogP contribution in [0, 0.1) is 11.3 Å². The van der Waals surface area contributed by atoms with Crippen LogP contribution in [-0.4, -0.2) is 25.1 Å². The summed E-state index contributed by atoms with van der Waals surface area (Å²) >= 11 is 0. The number of ether oxygens (including phenoxy) is 2. The van der Waals surface area contributed by atoms with E-state index in [1.54, 1.807) is 67.9 Å². The molecule has 2 N–H and O–H groups in total. The number of nitrogens with one attached hydrogen (secondary N) is 2. The topological polar surface area (TPSA) is 96.3 Å².